The van der Waals surface area contributed by atoms with Gasteiger partial charge in [0.05, 0.1) is 11.4 Å². The molecule has 0 heterocycles. The van der Waals surface area contributed by atoms with Crippen LogP contribution in [-0.4, -0.2) is 32.5 Å². The summed E-state index contributed by atoms with van der Waals surface area (Å²) in [6.07, 6.45) is 0. The van der Waals surface area contributed by atoms with E-state index in [2.05, 4.69) is 20.5 Å². The van der Waals surface area contributed by atoms with E-state index < -0.39 is 7.12 Å². The number of hydrogen-bond acceptors (Lipinski definition) is 9. The number of azo groups is 2. The van der Waals surface area contributed by atoms with Crippen LogP contribution in [0.1, 0.15) is 0 Å². The summed E-state index contributed by atoms with van der Waals surface area (Å²) in [4.78, 5) is 0. The third-order valence-corrected chi connectivity index (χ3v) is 4.64. The Hall–Kier alpha value is -4.28. The fourth-order valence-electron chi connectivity index (χ4n) is 3.06. The van der Waals surface area contributed by atoms with Crippen LogP contribution in [0.3, 0.4) is 0 Å². The zero-order valence-corrected chi connectivity index (χ0v) is 16.5. The molecule has 0 spiro atoms. The zero-order chi connectivity index (χ0) is 22.7. The Morgan fingerprint density at radius 1 is 0.562 bits per heavy atom. The molecular formula is C22H17BN4O5. The molecule has 158 valence electrons. The molecule has 0 amide bonds. The molecule has 0 bridgehead atoms. The van der Waals surface area contributed by atoms with E-state index in [4.69, 9.17) is 0 Å². The van der Waals surface area contributed by atoms with Gasteiger partial charge in [-0.25, -0.2) is 0 Å². The highest BCUT2D eigenvalue weighted by atomic mass is 16.4. The second-order valence-corrected chi connectivity index (χ2v) is 6.85. The molecule has 0 aliphatic heterocycles. The number of phenols is 3. The van der Waals surface area contributed by atoms with Crippen LogP contribution in [0.5, 0.6) is 17.2 Å². The van der Waals surface area contributed by atoms with Gasteiger partial charge in [0, 0.05) is 22.9 Å². The SMILES string of the molecule is OB(O)c1cccc(/N=N/c2ccc(/N=N/c3c(O)cc(O)c4ccccc34)cc2O)c1. The molecule has 4 aromatic carbocycles. The summed E-state index contributed by atoms with van der Waals surface area (Å²) in [7, 11) is -1.62. The summed E-state index contributed by atoms with van der Waals surface area (Å²) in [5.41, 5.74) is 1.33. The van der Waals surface area contributed by atoms with Gasteiger partial charge in [-0.05, 0) is 29.7 Å². The lowest BCUT2D eigenvalue weighted by molar-refractivity contribution is 0.425. The minimum Gasteiger partial charge on any atom is -0.507 e. The smallest absolute Gasteiger partial charge is 0.488 e. The van der Waals surface area contributed by atoms with E-state index in [0.29, 0.717) is 22.1 Å². The first-order valence-corrected chi connectivity index (χ1v) is 9.48. The molecule has 10 heteroatoms. The van der Waals surface area contributed by atoms with Gasteiger partial charge in [-0.2, -0.15) is 10.2 Å². The average molecular weight is 428 g/mol. The van der Waals surface area contributed by atoms with Crippen LogP contribution in [0, 0.1) is 0 Å². The van der Waals surface area contributed by atoms with Gasteiger partial charge in [-0.3, -0.25) is 0 Å². The maximum Gasteiger partial charge on any atom is 0.488 e. The standard InChI is InChI=1S/C22H17BN4O5/c28-19-12-21(30)22(17-7-2-1-6-16(17)19)27-25-15-8-9-18(20(29)11-15)26-24-14-5-3-4-13(10-14)23(31)32/h1-12,28-32H/b26-24+,27-25+. The molecule has 0 fully saturated rings. The first-order chi connectivity index (χ1) is 15.4. The fourth-order valence-corrected chi connectivity index (χ4v) is 3.06. The van der Waals surface area contributed by atoms with Crippen molar-refractivity contribution in [3.63, 3.8) is 0 Å². The van der Waals surface area contributed by atoms with Crippen LogP contribution in [0.15, 0.2) is 93.3 Å². The Morgan fingerprint density at radius 3 is 2.03 bits per heavy atom. The van der Waals surface area contributed by atoms with Gasteiger partial charge in [0.15, 0.2) is 0 Å². The van der Waals surface area contributed by atoms with Crippen molar-refractivity contribution in [1.29, 1.82) is 0 Å². The predicted molar refractivity (Wildman–Crippen MR) is 120 cm³/mol. The van der Waals surface area contributed by atoms with E-state index in [9.17, 15) is 25.4 Å². The quantitative estimate of drug-likeness (QED) is 0.235. The molecule has 0 saturated carbocycles. The van der Waals surface area contributed by atoms with Crippen LogP contribution < -0.4 is 5.46 Å². The number of rotatable bonds is 5. The Labute approximate surface area is 182 Å². The van der Waals surface area contributed by atoms with Crippen molar-refractivity contribution < 1.29 is 25.4 Å². The topological polar surface area (TPSA) is 151 Å². The molecule has 5 N–H and O–H groups in total. The Kier molecular flexibility index (Phi) is 5.80. The van der Waals surface area contributed by atoms with Crippen molar-refractivity contribution in [3.05, 3.63) is 72.8 Å². The molecule has 0 aliphatic rings. The fraction of sp³-hybridized carbons (Fsp3) is 0. The number of hydrogen-bond donors (Lipinski definition) is 5. The predicted octanol–water partition coefficient (Wildman–Crippen LogP) is 4.47. The first kappa shape index (κ1) is 21.0. The third kappa shape index (κ3) is 4.41. The van der Waals surface area contributed by atoms with E-state index >= 15 is 0 Å². The molecule has 0 aromatic heterocycles. The molecule has 9 nitrogen and oxygen atoms in total. The zero-order valence-electron chi connectivity index (χ0n) is 16.5. The van der Waals surface area contributed by atoms with E-state index in [1.54, 1.807) is 42.5 Å². The number of benzene rings is 4. The van der Waals surface area contributed by atoms with Crippen LogP contribution in [0.4, 0.5) is 22.7 Å². The van der Waals surface area contributed by atoms with Crippen LogP contribution in [0.25, 0.3) is 10.8 Å². The first-order valence-electron chi connectivity index (χ1n) is 9.48. The normalized spacial score (nSPS) is 11.6. The van der Waals surface area contributed by atoms with Gasteiger partial charge >= 0.3 is 7.12 Å². The lowest BCUT2D eigenvalue weighted by atomic mass is 9.80. The summed E-state index contributed by atoms with van der Waals surface area (Å²) in [6.45, 7) is 0. The molecule has 4 aromatic rings. The van der Waals surface area contributed by atoms with Gasteiger partial charge in [-0.1, -0.05) is 36.4 Å². The molecule has 32 heavy (non-hydrogen) atoms. The lowest BCUT2D eigenvalue weighted by Crippen LogP contribution is -2.29. The van der Waals surface area contributed by atoms with Gasteiger partial charge in [0.2, 0.25) is 0 Å². The number of nitrogens with zero attached hydrogens (tertiary/aromatic N) is 4. The molecular weight excluding hydrogens is 411 g/mol. The number of aromatic hydroxyl groups is 3. The van der Waals surface area contributed by atoms with Crippen LogP contribution in [0.2, 0.25) is 0 Å². The van der Waals surface area contributed by atoms with E-state index in [1.165, 1.54) is 30.3 Å². The number of fused-ring (bicyclic) bond motifs is 1. The van der Waals surface area contributed by atoms with Gasteiger partial charge in [0.1, 0.15) is 28.6 Å². The van der Waals surface area contributed by atoms with E-state index in [-0.39, 0.29) is 34.1 Å². The summed E-state index contributed by atoms with van der Waals surface area (Å²) >= 11 is 0. The van der Waals surface area contributed by atoms with E-state index in [1.807, 2.05) is 0 Å². The van der Waals surface area contributed by atoms with Crippen molar-refractivity contribution in [1.82, 2.24) is 0 Å². The molecule has 0 atom stereocenters. The van der Waals surface area contributed by atoms with E-state index in [0.717, 1.165) is 0 Å². The average Bonchev–Trinajstić information content (AvgIpc) is 2.78. The molecule has 4 rings (SSSR count). The maximum absolute atomic E-state index is 10.3. The van der Waals surface area contributed by atoms with Crippen LogP contribution >= 0.6 is 0 Å². The summed E-state index contributed by atoms with van der Waals surface area (Å²) in [6, 6.07) is 18.7. The summed E-state index contributed by atoms with van der Waals surface area (Å²) < 4.78 is 0. The Morgan fingerprint density at radius 2 is 1.28 bits per heavy atom. The number of phenolic OH excluding ortho intramolecular Hbond substituents is 3. The van der Waals surface area contributed by atoms with Crippen molar-refractivity contribution >= 4 is 46.1 Å². The highest BCUT2D eigenvalue weighted by Gasteiger charge is 2.12. The molecule has 0 unspecified atom stereocenters. The molecule has 0 radical (unpaired) electrons. The second-order valence-electron chi connectivity index (χ2n) is 6.85. The van der Waals surface area contributed by atoms with Crippen molar-refractivity contribution in [2.75, 3.05) is 0 Å². The Bertz CT molecular complexity index is 1360. The third-order valence-electron chi connectivity index (χ3n) is 4.64. The highest BCUT2D eigenvalue weighted by Crippen LogP contribution is 2.41. The Balaban J connectivity index is 1.59. The molecule has 0 aliphatic carbocycles. The monoisotopic (exact) mass is 428 g/mol. The maximum atomic E-state index is 10.3. The lowest BCUT2D eigenvalue weighted by Gasteiger charge is -2.06. The van der Waals surface area contributed by atoms with Gasteiger partial charge in [0.25, 0.3) is 0 Å². The van der Waals surface area contributed by atoms with Gasteiger partial charge in [-0.15, -0.1) is 10.2 Å². The molecule has 0 saturated heterocycles. The van der Waals surface area contributed by atoms with Crippen molar-refractivity contribution in [2.24, 2.45) is 20.5 Å². The van der Waals surface area contributed by atoms with Crippen LogP contribution in [-0.2, 0) is 0 Å². The minimum absolute atomic E-state index is 0.0663. The largest absolute Gasteiger partial charge is 0.507 e. The summed E-state index contributed by atoms with van der Waals surface area (Å²) in [5, 5.41) is 66.0. The van der Waals surface area contributed by atoms with Crippen molar-refractivity contribution in [2.45, 2.75) is 0 Å². The highest BCUT2D eigenvalue weighted by molar-refractivity contribution is 6.58. The summed E-state index contributed by atoms with van der Waals surface area (Å²) in [5.74, 6) is -0.485. The second kappa shape index (κ2) is 8.84. The van der Waals surface area contributed by atoms with Crippen molar-refractivity contribution in [3.8, 4) is 17.2 Å². The van der Waals surface area contributed by atoms with Gasteiger partial charge < -0.3 is 25.4 Å². The minimum atomic E-state index is -1.62.